The molecule has 1 amide bonds. The van der Waals surface area contributed by atoms with Crippen molar-refractivity contribution in [2.24, 2.45) is 10.2 Å². The number of fused-ring (bicyclic) bond motifs is 1. The van der Waals surface area contributed by atoms with E-state index in [2.05, 4.69) is 10.2 Å². The lowest BCUT2D eigenvalue weighted by Crippen LogP contribution is -1.98. The van der Waals surface area contributed by atoms with Crippen LogP contribution in [0.2, 0.25) is 5.02 Å². The van der Waals surface area contributed by atoms with Crippen LogP contribution in [-0.4, -0.2) is 22.7 Å². The van der Waals surface area contributed by atoms with Crippen molar-refractivity contribution in [2.45, 2.75) is 6.54 Å². The molecule has 3 aromatic carbocycles. The van der Waals surface area contributed by atoms with Gasteiger partial charge in [0.15, 0.2) is 5.69 Å². The Kier molecular flexibility index (Phi) is 5.50. The Morgan fingerprint density at radius 1 is 1.03 bits per heavy atom. The number of nitrogens with zero attached hydrogens (tertiary/aromatic N) is 3. The first-order chi connectivity index (χ1) is 14.6. The first-order valence-corrected chi connectivity index (χ1v) is 9.60. The topological polar surface area (TPSA) is 76.2 Å². The van der Waals surface area contributed by atoms with Crippen molar-refractivity contribution < 1.29 is 14.6 Å². The maximum Gasteiger partial charge on any atom is 0.299 e. The van der Waals surface area contributed by atoms with Crippen molar-refractivity contribution in [3.63, 3.8) is 0 Å². The number of benzene rings is 3. The van der Waals surface area contributed by atoms with Gasteiger partial charge >= 0.3 is 0 Å². The van der Waals surface area contributed by atoms with Gasteiger partial charge in [0.2, 0.25) is 5.88 Å². The zero-order chi connectivity index (χ0) is 21.1. The molecule has 0 radical (unpaired) electrons. The summed E-state index contributed by atoms with van der Waals surface area (Å²) in [5.41, 5.74) is 2.28. The van der Waals surface area contributed by atoms with Gasteiger partial charge in [-0.3, -0.25) is 4.79 Å². The van der Waals surface area contributed by atoms with Gasteiger partial charge in [-0.2, -0.15) is 0 Å². The van der Waals surface area contributed by atoms with E-state index in [-0.39, 0.29) is 11.6 Å². The third kappa shape index (κ3) is 3.77. The highest BCUT2D eigenvalue weighted by atomic mass is 35.5. The molecule has 0 saturated heterocycles. The van der Waals surface area contributed by atoms with Crippen molar-refractivity contribution in [1.29, 1.82) is 0 Å². The third-order valence-electron chi connectivity index (χ3n) is 4.75. The smallest absolute Gasteiger partial charge is 0.299 e. The van der Waals surface area contributed by atoms with Crippen LogP contribution in [0.4, 0.5) is 5.69 Å². The molecule has 0 aliphatic rings. The van der Waals surface area contributed by atoms with Gasteiger partial charge in [0.1, 0.15) is 5.75 Å². The van der Waals surface area contributed by atoms with Crippen LogP contribution in [0.1, 0.15) is 15.9 Å². The normalized spacial score (nSPS) is 11.3. The van der Waals surface area contributed by atoms with Gasteiger partial charge in [-0.1, -0.05) is 54.1 Å². The van der Waals surface area contributed by atoms with Gasteiger partial charge in [-0.15, -0.1) is 10.2 Å². The van der Waals surface area contributed by atoms with E-state index in [9.17, 15) is 9.90 Å². The van der Waals surface area contributed by atoms with Crippen LogP contribution in [0, 0.1) is 0 Å². The van der Waals surface area contributed by atoms with Crippen LogP contribution in [0.25, 0.3) is 10.9 Å². The monoisotopic (exact) mass is 419 g/mol. The quantitative estimate of drug-likeness (QED) is 0.404. The number of carbonyl (C=O) groups excluding carboxylic acids is 1. The zero-order valence-electron chi connectivity index (χ0n) is 16.1. The van der Waals surface area contributed by atoms with Gasteiger partial charge in [0.05, 0.1) is 24.7 Å². The molecule has 1 heterocycles. The summed E-state index contributed by atoms with van der Waals surface area (Å²) in [4.78, 5) is 12.5. The molecule has 0 aliphatic carbocycles. The lowest BCUT2D eigenvalue weighted by Gasteiger charge is -2.07. The highest BCUT2D eigenvalue weighted by Crippen LogP contribution is 2.39. The van der Waals surface area contributed by atoms with E-state index < -0.39 is 5.91 Å². The number of halogens is 1. The number of aromatic nitrogens is 1. The standard InChI is InChI=1S/C23H18ClN3O3/c1-30-20-9-5-3-7-18(20)22(28)26-25-21-17-6-2-4-8-19(17)27(23(21)29)14-15-10-12-16(24)13-11-15/h2-13,29H,14H2,1H3. The highest BCUT2D eigenvalue weighted by Gasteiger charge is 2.18. The molecule has 0 spiro atoms. The van der Waals surface area contributed by atoms with Crippen LogP contribution in [0.3, 0.4) is 0 Å². The van der Waals surface area contributed by atoms with Crippen LogP contribution in [0.5, 0.6) is 11.6 Å². The fraction of sp³-hybridized carbons (Fsp3) is 0.0870. The molecule has 0 fully saturated rings. The molecule has 150 valence electrons. The Hall–Kier alpha value is -3.64. The maximum atomic E-state index is 12.5. The average molecular weight is 420 g/mol. The maximum absolute atomic E-state index is 12.5. The number of para-hydroxylation sites is 2. The highest BCUT2D eigenvalue weighted by molar-refractivity contribution is 6.30. The summed E-state index contributed by atoms with van der Waals surface area (Å²) >= 11 is 5.96. The van der Waals surface area contributed by atoms with E-state index in [1.54, 1.807) is 41.0 Å². The van der Waals surface area contributed by atoms with E-state index >= 15 is 0 Å². The molecule has 0 atom stereocenters. The predicted molar refractivity (Wildman–Crippen MR) is 116 cm³/mol. The second kappa shape index (κ2) is 8.39. The van der Waals surface area contributed by atoms with Gasteiger partial charge in [-0.25, -0.2) is 0 Å². The lowest BCUT2D eigenvalue weighted by molar-refractivity contribution is 0.0992. The summed E-state index contributed by atoms with van der Waals surface area (Å²) in [5.74, 6) is -0.208. The molecule has 0 saturated carbocycles. The molecule has 6 nitrogen and oxygen atoms in total. The van der Waals surface area contributed by atoms with Crippen molar-refractivity contribution in [2.75, 3.05) is 7.11 Å². The summed E-state index contributed by atoms with van der Waals surface area (Å²) in [6, 6.07) is 21.6. The summed E-state index contributed by atoms with van der Waals surface area (Å²) < 4.78 is 6.93. The Morgan fingerprint density at radius 3 is 2.50 bits per heavy atom. The fourth-order valence-electron chi connectivity index (χ4n) is 3.27. The molecule has 7 heteroatoms. The molecular formula is C23H18ClN3O3. The Morgan fingerprint density at radius 2 is 1.73 bits per heavy atom. The number of azo groups is 1. The first kappa shape index (κ1) is 19.7. The van der Waals surface area contributed by atoms with Gasteiger partial charge in [-0.05, 0) is 35.9 Å². The molecule has 1 aromatic heterocycles. The summed E-state index contributed by atoms with van der Waals surface area (Å²) in [6.45, 7) is 0.416. The van der Waals surface area contributed by atoms with Crippen molar-refractivity contribution in [1.82, 2.24) is 4.57 Å². The minimum Gasteiger partial charge on any atom is -0.496 e. The number of ether oxygens (including phenoxy) is 1. The second-order valence-corrected chi connectivity index (χ2v) is 7.04. The number of amides is 1. The van der Waals surface area contributed by atoms with E-state index in [1.165, 1.54) is 7.11 Å². The molecule has 4 rings (SSSR count). The van der Waals surface area contributed by atoms with E-state index in [4.69, 9.17) is 16.3 Å². The Bertz CT molecular complexity index is 1250. The third-order valence-corrected chi connectivity index (χ3v) is 5.00. The number of carbonyl (C=O) groups is 1. The zero-order valence-corrected chi connectivity index (χ0v) is 16.9. The van der Waals surface area contributed by atoms with E-state index in [0.717, 1.165) is 11.1 Å². The molecule has 0 bridgehead atoms. The van der Waals surface area contributed by atoms with Crippen LogP contribution in [-0.2, 0) is 6.54 Å². The van der Waals surface area contributed by atoms with Crippen LogP contribution in [0.15, 0.2) is 83.0 Å². The summed E-state index contributed by atoms with van der Waals surface area (Å²) in [5, 5.41) is 20.1. The lowest BCUT2D eigenvalue weighted by atomic mass is 10.2. The van der Waals surface area contributed by atoms with Crippen molar-refractivity contribution in [3.05, 3.63) is 88.9 Å². The minimum absolute atomic E-state index is 0.0669. The van der Waals surface area contributed by atoms with Crippen molar-refractivity contribution in [3.8, 4) is 11.6 Å². The molecular weight excluding hydrogens is 402 g/mol. The van der Waals surface area contributed by atoms with E-state index in [0.29, 0.717) is 28.3 Å². The van der Waals surface area contributed by atoms with Gasteiger partial charge in [0.25, 0.3) is 5.91 Å². The summed E-state index contributed by atoms with van der Waals surface area (Å²) in [7, 11) is 1.49. The first-order valence-electron chi connectivity index (χ1n) is 9.22. The Labute approximate surface area is 178 Å². The molecule has 4 aromatic rings. The van der Waals surface area contributed by atoms with Crippen LogP contribution >= 0.6 is 11.6 Å². The largest absolute Gasteiger partial charge is 0.496 e. The number of methoxy groups -OCH3 is 1. The number of aromatic hydroxyl groups is 1. The van der Waals surface area contributed by atoms with Crippen LogP contribution < -0.4 is 4.74 Å². The molecule has 30 heavy (non-hydrogen) atoms. The SMILES string of the molecule is COc1ccccc1C(=O)N=Nc1c(O)n(Cc2ccc(Cl)cc2)c2ccccc12. The van der Waals surface area contributed by atoms with Gasteiger partial charge in [0, 0.05) is 10.4 Å². The molecule has 0 aliphatic heterocycles. The van der Waals surface area contributed by atoms with Gasteiger partial charge < -0.3 is 14.4 Å². The average Bonchev–Trinajstić information content (AvgIpc) is 3.04. The predicted octanol–water partition coefficient (Wildman–Crippen LogP) is 5.98. The van der Waals surface area contributed by atoms with Crippen molar-refractivity contribution >= 4 is 34.1 Å². The minimum atomic E-state index is -0.554. The Balaban J connectivity index is 1.72. The fourth-order valence-corrected chi connectivity index (χ4v) is 3.40. The molecule has 0 unspecified atom stereocenters. The second-order valence-electron chi connectivity index (χ2n) is 6.61. The number of hydrogen-bond acceptors (Lipinski definition) is 4. The summed E-state index contributed by atoms with van der Waals surface area (Å²) in [6.07, 6.45) is 0. The number of hydrogen-bond donors (Lipinski definition) is 1. The van der Waals surface area contributed by atoms with E-state index in [1.807, 2.05) is 36.4 Å². The number of rotatable bonds is 5. The molecule has 1 N–H and O–H groups in total.